The molecule has 0 N–H and O–H groups in total. The summed E-state index contributed by atoms with van der Waals surface area (Å²) in [6.07, 6.45) is -2.60. The van der Waals surface area contributed by atoms with Gasteiger partial charge < -0.3 is 14.0 Å². The summed E-state index contributed by atoms with van der Waals surface area (Å²) >= 11 is 0. The van der Waals surface area contributed by atoms with Gasteiger partial charge in [0.25, 0.3) is 6.43 Å². The van der Waals surface area contributed by atoms with Gasteiger partial charge in [0.05, 0.1) is 22.8 Å². The van der Waals surface area contributed by atoms with Crippen molar-refractivity contribution < 1.29 is 22.8 Å². The van der Waals surface area contributed by atoms with Crippen LogP contribution in [-0.4, -0.2) is 31.4 Å². The molecule has 1 aliphatic rings. The highest BCUT2D eigenvalue weighted by molar-refractivity contribution is 6.63. The van der Waals surface area contributed by atoms with Crippen LogP contribution in [0.1, 0.15) is 33.3 Å². The number of hydrogen-bond donors (Lipinski definition) is 0. The van der Waals surface area contributed by atoms with Crippen molar-refractivity contribution in [3.63, 3.8) is 0 Å². The number of alkyl halides is 2. The zero-order valence-electron chi connectivity index (χ0n) is 13.0. The van der Waals surface area contributed by atoms with Gasteiger partial charge in [-0.2, -0.15) is 5.26 Å². The summed E-state index contributed by atoms with van der Waals surface area (Å²) in [5.41, 5.74) is -0.278. The molecule has 1 aromatic carbocycles. The molecule has 0 spiro atoms. The number of benzene rings is 1. The van der Waals surface area contributed by atoms with Crippen LogP contribution in [0.4, 0.5) is 8.78 Å². The summed E-state index contributed by atoms with van der Waals surface area (Å²) in [5.74, 6) is 0.179. The minimum absolute atomic E-state index is 0.179. The maximum Gasteiger partial charge on any atom is 0.498 e. The molecule has 1 aromatic rings. The predicted molar refractivity (Wildman–Crippen MR) is 78.4 cm³/mol. The number of ether oxygens (including phenoxy) is 1. The van der Waals surface area contributed by atoms with E-state index in [4.69, 9.17) is 19.3 Å². The highest BCUT2D eigenvalue weighted by atomic mass is 19.3. The molecule has 0 amide bonds. The molecular formula is C15H18BF2NO3. The Labute approximate surface area is 129 Å². The Kier molecular flexibility index (Phi) is 4.45. The molecule has 1 fully saturated rings. The molecule has 1 saturated heterocycles. The van der Waals surface area contributed by atoms with Crippen LogP contribution in [0.2, 0.25) is 0 Å². The SMILES string of the molecule is CC1(C)OB(c2ccc(C#N)cc2OCC(F)F)OC1(C)C. The van der Waals surface area contributed by atoms with Gasteiger partial charge in [-0.3, -0.25) is 0 Å². The Morgan fingerprint density at radius 2 is 1.82 bits per heavy atom. The molecule has 0 radical (unpaired) electrons. The zero-order chi connectivity index (χ0) is 16.5. The van der Waals surface area contributed by atoms with Gasteiger partial charge in [0.2, 0.25) is 0 Å². The van der Waals surface area contributed by atoms with E-state index in [9.17, 15) is 8.78 Å². The third-order valence-corrected chi connectivity index (χ3v) is 4.01. The van der Waals surface area contributed by atoms with Crippen LogP contribution < -0.4 is 10.2 Å². The molecule has 0 atom stereocenters. The van der Waals surface area contributed by atoms with E-state index in [-0.39, 0.29) is 5.75 Å². The van der Waals surface area contributed by atoms with Crippen LogP contribution in [0.15, 0.2) is 18.2 Å². The average Bonchev–Trinajstić information content (AvgIpc) is 2.64. The smallest absolute Gasteiger partial charge is 0.488 e. The van der Waals surface area contributed by atoms with Gasteiger partial charge in [0.1, 0.15) is 12.4 Å². The first-order valence-corrected chi connectivity index (χ1v) is 6.97. The van der Waals surface area contributed by atoms with Crippen molar-refractivity contribution in [2.24, 2.45) is 0 Å². The molecule has 0 saturated carbocycles. The van der Waals surface area contributed by atoms with Crippen molar-refractivity contribution in [2.75, 3.05) is 6.61 Å². The molecule has 0 bridgehead atoms. The second-order valence-corrected chi connectivity index (χ2v) is 6.15. The third kappa shape index (κ3) is 3.23. The lowest BCUT2D eigenvalue weighted by atomic mass is 9.78. The maximum atomic E-state index is 12.4. The predicted octanol–water partition coefficient (Wildman–Crippen LogP) is 2.50. The summed E-state index contributed by atoms with van der Waals surface area (Å²) in [6, 6.07) is 6.57. The zero-order valence-corrected chi connectivity index (χ0v) is 13.0. The van der Waals surface area contributed by atoms with Gasteiger partial charge in [0.15, 0.2) is 0 Å². The third-order valence-electron chi connectivity index (χ3n) is 4.01. The van der Waals surface area contributed by atoms with E-state index in [1.807, 2.05) is 33.8 Å². The Morgan fingerprint density at radius 3 is 2.32 bits per heavy atom. The molecule has 118 valence electrons. The number of nitriles is 1. The largest absolute Gasteiger partial charge is 0.498 e. The number of halogens is 2. The normalized spacial score (nSPS) is 19.3. The van der Waals surface area contributed by atoms with E-state index in [0.717, 1.165) is 0 Å². The van der Waals surface area contributed by atoms with E-state index in [2.05, 4.69) is 0 Å². The first kappa shape index (κ1) is 16.7. The second-order valence-electron chi connectivity index (χ2n) is 6.15. The van der Waals surface area contributed by atoms with Crippen molar-refractivity contribution in [1.82, 2.24) is 0 Å². The summed E-state index contributed by atoms with van der Waals surface area (Å²) in [4.78, 5) is 0. The molecule has 1 heterocycles. The van der Waals surface area contributed by atoms with Crippen LogP contribution in [0.25, 0.3) is 0 Å². The fraction of sp³-hybridized carbons (Fsp3) is 0.533. The van der Waals surface area contributed by atoms with Crippen molar-refractivity contribution in [2.45, 2.75) is 45.3 Å². The highest BCUT2D eigenvalue weighted by Crippen LogP contribution is 2.37. The quantitative estimate of drug-likeness (QED) is 0.802. The number of nitrogens with zero attached hydrogens (tertiary/aromatic N) is 1. The van der Waals surface area contributed by atoms with Crippen molar-refractivity contribution in [1.29, 1.82) is 5.26 Å². The van der Waals surface area contributed by atoms with E-state index in [1.165, 1.54) is 6.07 Å². The Bertz CT molecular complexity index is 583. The lowest BCUT2D eigenvalue weighted by Gasteiger charge is -2.32. The molecule has 2 rings (SSSR count). The van der Waals surface area contributed by atoms with E-state index < -0.39 is 31.4 Å². The number of hydrogen-bond acceptors (Lipinski definition) is 4. The first-order valence-electron chi connectivity index (χ1n) is 6.97. The lowest BCUT2D eigenvalue weighted by molar-refractivity contribution is 0.00578. The van der Waals surface area contributed by atoms with Crippen molar-refractivity contribution in [3.8, 4) is 11.8 Å². The van der Waals surface area contributed by atoms with Gasteiger partial charge in [-0.1, -0.05) is 6.07 Å². The molecule has 7 heteroatoms. The second kappa shape index (κ2) is 5.86. The van der Waals surface area contributed by atoms with Crippen LogP contribution in [0, 0.1) is 11.3 Å². The monoisotopic (exact) mass is 309 g/mol. The summed E-state index contributed by atoms with van der Waals surface area (Å²) in [7, 11) is -0.731. The van der Waals surface area contributed by atoms with Crippen molar-refractivity contribution in [3.05, 3.63) is 23.8 Å². The minimum atomic E-state index is -2.60. The molecule has 4 nitrogen and oxygen atoms in total. The van der Waals surface area contributed by atoms with Crippen LogP contribution in [-0.2, 0) is 9.31 Å². The van der Waals surface area contributed by atoms with Crippen LogP contribution >= 0.6 is 0 Å². The fourth-order valence-corrected chi connectivity index (χ4v) is 2.05. The van der Waals surface area contributed by atoms with E-state index in [1.54, 1.807) is 12.1 Å². The first-order chi connectivity index (χ1) is 10.2. The van der Waals surface area contributed by atoms with E-state index in [0.29, 0.717) is 11.0 Å². The topological polar surface area (TPSA) is 51.5 Å². The molecule has 22 heavy (non-hydrogen) atoms. The Morgan fingerprint density at radius 1 is 1.23 bits per heavy atom. The summed E-state index contributed by atoms with van der Waals surface area (Å²) in [6.45, 7) is 6.85. The van der Waals surface area contributed by atoms with Gasteiger partial charge in [-0.05, 0) is 39.8 Å². The average molecular weight is 309 g/mol. The summed E-state index contributed by atoms with van der Waals surface area (Å²) < 4.78 is 41.7. The molecule has 0 aliphatic carbocycles. The van der Waals surface area contributed by atoms with Gasteiger partial charge in [0, 0.05) is 5.46 Å². The minimum Gasteiger partial charge on any atom is -0.488 e. The molecule has 1 aliphatic heterocycles. The lowest BCUT2D eigenvalue weighted by Crippen LogP contribution is -2.41. The van der Waals surface area contributed by atoms with Gasteiger partial charge in [-0.25, -0.2) is 8.78 Å². The Hall–Kier alpha value is -1.65. The molecular weight excluding hydrogens is 291 g/mol. The van der Waals surface area contributed by atoms with E-state index >= 15 is 0 Å². The summed E-state index contributed by atoms with van der Waals surface area (Å²) in [5, 5.41) is 8.95. The molecule has 0 unspecified atom stereocenters. The van der Waals surface area contributed by atoms with Gasteiger partial charge >= 0.3 is 7.12 Å². The number of rotatable bonds is 4. The standard InChI is InChI=1S/C15H18BF2NO3/c1-14(2)15(3,4)22-16(21-14)11-6-5-10(8-19)7-12(11)20-9-13(17)18/h5-7,13H,9H2,1-4H3. The molecule has 0 aromatic heterocycles. The van der Waals surface area contributed by atoms with Crippen molar-refractivity contribution >= 4 is 12.6 Å². The fourth-order valence-electron chi connectivity index (χ4n) is 2.05. The van der Waals surface area contributed by atoms with Crippen LogP contribution in [0.5, 0.6) is 5.75 Å². The van der Waals surface area contributed by atoms with Gasteiger partial charge in [-0.15, -0.1) is 0 Å². The maximum absolute atomic E-state index is 12.4. The Balaban J connectivity index is 2.33. The highest BCUT2D eigenvalue weighted by Gasteiger charge is 2.52. The van der Waals surface area contributed by atoms with Crippen LogP contribution in [0.3, 0.4) is 0 Å².